The Morgan fingerprint density at radius 3 is 2.50 bits per heavy atom. The third-order valence-electron chi connectivity index (χ3n) is 3.25. The molecule has 0 atom stereocenters. The monoisotopic (exact) mass is 334 g/mol. The van der Waals surface area contributed by atoms with Crippen LogP contribution in [0.15, 0.2) is 24.3 Å². The minimum atomic E-state index is -0.511. The van der Waals surface area contributed by atoms with E-state index in [-0.39, 0.29) is 5.91 Å². The third kappa shape index (κ3) is 6.81. The first-order chi connectivity index (χ1) is 11.2. The van der Waals surface area contributed by atoms with Gasteiger partial charge in [-0.25, -0.2) is 4.79 Å². The molecule has 0 saturated carbocycles. The van der Waals surface area contributed by atoms with Gasteiger partial charge in [0.1, 0.15) is 5.60 Å². The number of amides is 2. The summed E-state index contributed by atoms with van der Waals surface area (Å²) in [6.07, 6.45) is 1.71. The number of unbranched alkanes of at least 4 members (excludes halogenated alkanes) is 1. The molecular weight excluding hydrogens is 308 g/mol. The van der Waals surface area contributed by atoms with E-state index in [9.17, 15) is 14.4 Å². The lowest BCUT2D eigenvalue weighted by Crippen LogP contribution is -2.33. The predicted octanol–water partition coefficient (Wildman–Crippen LogP) is 2.88. The van der Waals surface area contributed by atoms with Crippen molar-refractivity contribution in [1.82, 2.24) is 10.2 Å². The molecule has 0 aliphatic carbocycles. The number of carbonyl (C=O) groups is 3. The lowest BCUT2D eigenvalue weighted by Gasteiger charge is -2.20. The van der Waals surface area contributed by atoms with E-state index in [1.807, 2.05) is 20.8 Å². The number of aldehydes is 1. The van der Waals surface area contributed by atoms with E-state index in [0.29, 0.717) is 30.5 Å². The van der Waals surface area contributed by atoms with Crippen LogP contribution in [0.2, 0.25) is 0 Å². The molecule has 0 unspecified atom stereocenters. The molecule has 2 amide bonds. The van der Waals surface area contributed by atoms with Crippen LogP contribution >= 0.6 is 0 Å². The number of ether oxygens (including phenoxy) is 1. The van der Waals surface area contributed by atoms with E-state index in [1.165, 1.54) is 0 Å². The third-order valence-corrected chi connectivity index (χ3v) is 3.25. The van der Waals surface area contributed by atoms with Gasteiger partial charge in [0.2, 0.25) is 0 Å². The Labute approximate surface area is 143 Å². The highest BCUT2D eigenvalue weighted by Gasteiger charge is 2.16. The van der Waals surface area contributed by atoms with Crippen molar-refractivity contribution in [3.8, 4) is 0 Å². The van der Waals surface area contributed by atoms with Crippen molar-refractivity contribution in [3.05, 3.63) is 35.4 Å². The summed E-state index contributed by atoms with van der Waals surface area (Å²) in [5.41, 5.74) is 0.283. The second-order valence-corrected chi connectivity index (χ2v) is 6.57. The fourth-order valence-electron chi connectivity index (χ4n) is 2.08. The summed E-state index contributed by atoms with van der Waals surface area (Å²) >= 11 is 0. The number of nitrogens with zero attached hydrogens (tertiary/aromatic N) is 1. The van der Waals surface area contributed by atoms with Crippen molar-refractivity contribution in [2.75, 3.05) is 20.1 Å². The van der Waals surface area contributed by atoms with E-state index in [2.05, 4.69) is 5.32 Å². The molecular formula is C18H26N2O4. The topological polar surface area (TPSA) is 75.7 Å². The van der Waals surface area contributed by atoms with Gasteiger partial charge in [-0.3, -0.25) is 9.59 Å². The van der Waals surface area contributed by atoms with Crippen molar-refractivity contribution in [1.29, 1.82) is 0 Å². The van der Waals surface area contributed by atoms with Gasteiger partial charge in [0, 0.05) is 25.7 Å². The number of nitrogens with one attached hydrogen (secondary N) is 1. The number of rotatable bonds is 7. The summed E-state index contributed by atoms with van der Waals surface area (Å²) in [6, 6.07) is 6.73. The molecule has 0 saturated heterocycles. The Balaban J connectivity index is 2.34. The van der Waals surface area contributed by atoms with Gasteiger partial charge in [-0.15, -0.1) is 0 Å². The van der Waals surface area contributed by atoms with Crippen molar-refractivity contribution in [2.24, 2.45) is 0 Å². The van der Waals surface area contributed by atoms with Crippen LogP contribution in [0.25, 0.3) is 0 Å². The second kappa shape index (κ2) is 9.05. The van der Waals surface area contributed by atoms with Gasteiger partial charge in [0.15, 0.2) is 6.29 Å². The Bertz CT molecular complexity index is 579. The maximum absolute atomic E-state index is 12.3. The largest absolute Gasteiger partial charge is 0.444 e. The van der Waals surface area contributed by atoms with E-state index < -0.39 is 11.7 Å². The molecule has 1 aromatic rings. The van der Waals surface area contributed by atoms with E-state index >= 15 is 0 Å². The SMILES string of the molecule is CN(CCCCNC(=O)OC(C)(C)C)C(=O)c1ccccc1C=O. The molecule has 0 radical (unpaired) electrons. The summed E-state index contributed by atoms with van der Waals surface area (Å²) in [6.45, 7) is 6.46. The van der Waals surface area contributed by atoms with Crippen molar-refractivity contribution < 1.29 is 19.1 Å². The van der Waals surface area contributed by atoms with Gasteiger partial charge in [-0.05, 0) is 39.7 Å². The van der Waals surface area contributed by atoms with E-state index in [1.54, 1.807) is 36.2 Å². The summed E-state index contributed by atoms with van der Waals surface area (Å²) in [5, 5.41) is 2.68. The van der Waals surface area contributed by atoms with Crippen LogP contribution in [-0.4, -0.2) is 48.9 Å². The van der Waals surface area contributed by atoms with Crippen LogP contribution in [0, 0.1) is 0 Å². The molecule has 0 spiro atoms. The summed E-state index contributed by atoms with van der Waals surface area (Å²) in [5.74, 6) is -0.183. The van der Waals surface area contributed by atoms with Crippen molar-refractivity contribution >= 4 is 18.3 Å². The number of hydrogen-bond acceptors (Lipinski definition) is 4. The standard InChI is InChI=1S/C18H26N2O4/c1-18(2,3)24-17(23)19-11-7-8-12-20(4)16(22)15-10-6-5-9-14(15)13-21/h5-6,9-10,13H,7-8,11-12H2,1-4H3,(H,19,23). The summed E-state index contributed by atoms with van der Waals surface area (Å²) in [4.78, 5) is 36.4. The minimum absolute atomic E-state index is 0.183. The number of alkyl carbamates (subject to hydrolysis) is 1. The lowest BCUT2D eigenvalue weighted by molar-refractivity contribution is 0.0525. The van der Waals surface area contributed by atoms with Gasteiger partial charge in [-0.2, -0.15) is 0 Å². The quantitative estimate of drug-likeness (QED) is 0.614. The van der Waals surface area contributed by atoms with Crippen molar-refractivity contribution in [3.63, 3.8) is 0 Å². The van der Waals surface area contributed by atoms with E-state index in [4.69, 9.17) is 4.74 Å². The lowest BCUT2D eigenvalue weighted by atomic mass is 10.1. The number of hydrogen-bond donors (Lipinski definition) is 1. The minimum Gasteiger partial charge on any atom is -0.444 e. The fraction of sp³-hybridized carbons (Fsp3) is 0.500. The smallest absolute Gasteiger partial charge is 0.407 e. The Morgan fingerprint density at radius 1 is 1.21 bits per heavy atom. The normalized spacial score (nSPS) is 10.8. The number of carbonyl (C=O) groups excluding carboxylic acids is 3. The molecule has 1 N–H and O–H groups in total. The zero-order valence-corrected chi connectivity index (χ0v) is 14.8. The molecule has 0 fully saturated rings. The van der Waals surface area contributed by atoms with Crippen LogP contribution in [-0.2, 0) is 4.74 Å². The molecule has 132 valence electrons. The maximum Gasteiger partial charge on any atom is 0.407 e. The maximum atomic E-state index is 12.3. The predicted molar refractivity (Wildman–Crippen MR) is 92.3 cm³/mol. The zero-order chi connectivity index (χ0) is 18.2. The summed E-state index contributed by atoms with van der Waals surface area (Å²) < 4.78 is 5.14. The highest BCUT2D eigenvalue weighted by atomic mass is 16.6. The molecule has 1 aromatic carbocycles. The zero-order valence-electron chi connectivity index (χ0n) is 14.8. The molecule has 0 heterocycles. The molecule has 0 aliphatic rings. The molecule has 24 heavy (non-hydrogen) atoms. The van der Waals surface area contributed by atoms with Gasteiger partial charge in [-0.1, -0.05) is 18.2 Å². The van der Waals surface area contributed by atoms with Crippen LogP contribution in [0.1, 0.15) is 54.3 Å². The van der Waals surface area contributed by atoms with Crippen LogP contribution in [0.4, 0.5) is 4.79 Å². The number of benzene rings is 1. The van der Waals surface area contributed by atoms with Gasteiger partial charge >= 0.3 is 6.09 Å². The molecule has 0 aromatic heterocycles. The molecule has 1 rings (SSSR count). The van der Waals surface area contributed by atoms with Gasteiger partial charge in [0.25, 0.3) is 5.91 Å². The Morgan fingerprint density at radius 2 is 1.88 bits per heavy atom. The highest BCUT2D eigenvalue weighted by Crippen LogP contribution is 2.10. The van der Waals surface area contributed by atoms with Crippen LogP contribution < -0.4 is 5.32 Å². The van der Waals surface area contributed by atoms with Crippen LogP contribution in [0.3, 0.4) is 0 Å². The molecule has 0 aliphatic heterocycles. The van der Waals surface area contributed by atoms with Crippen LogP contribution in [0.5, 0.6) is 0 Å². The van der Waals surface area contributed by atoms with Crippen molar-refractivity contribution in [2.45, 2.75) is 39.2 Å². The Hall–Kier alpha value is -2.37. The fourth-order valence-corrected chi connectivity index (χ4v) is 2.08. The summed E-state index contributed by atoms with van der Waals surface area (Å²) in [7, 11) is 1.70. The first-order valence-electron chi connectivity index (χ1n) is 8.01. The molecule has 6 heteroatoms. The van der Waals surface area contributed by atoms with Gasteiger partial charge < -0.3 is 15.0 Å². The van der Waals surface area contributed by atoms with Gasteiger partial charge in [0.05, 0.1) is 5.56 Å². The Kier molecular flexibility index (Phi) is 7.42. The second-order valence-electron chi connectivity index (χ2n) is 6.57. The molecule has 0 bridgehead atoms. The molecule has 6 nitrogen and oxygen atoms in total. The van der Waals surface area contributed by atoms with E-state index in [0.717, 1.165) is 12.8 Å². The highest BCUT2D eigenvalue weighted by molar-refractivity contribution is 6.01. The average Bonchev–Trinajstić information content (AvgIpc) is 2.51. The first kappa shape index (κ1) is 19.7. The first-order valence-corrected chi connectivity index (χ1v) is 8.01. The average molecular weight is 334 g/mol.